The molecule has 7 heteroatoms. The minimum atomic E-state index is -0.298. The van der Waals surface area contributed by atoms with E-state index in [1.165, 1.54) is 12.7 Å². The summed E-state index contributed by atoms with van der Waals surface area (Å²) in [4.78, 5) is 33.0. The van der Waals surface area contributed by atoms with Crippen LogP contribution in [0.25, 0.3) is 0 Å². The molecule has 0 unspecified atom stereocenters. The van der Waals surface area contributed by atoms with E-state index in [-0.39, 0.29) is 11.8 Å². The smallest absolute Gasteiger partial charge is 0.259 e. The second kappa shape index (κ2) is 12.9. The predicted molar refractivity (Wildman–Crippen MR) is 158 cm³/mol. The first kappa shape index (κ1) is 26.9. The highest BCUT2D eigenvalue weighted by Gasteiger charge is 2.24. The number of hydrogen-bond donors (Lipinski definition) is 2. The Labute approximate surface area is 235 Å². The van der Waals surface area contributed by atoms with Gasteiger partial charge in [0, 0.05) is 43.4 Å². The Morgan fingerprint density at radius 1 is 0.875 bits per heavy atom. The number of pyridine rings is 1. The number of nitrogens with zero attached hydrogens (tertiary/aromatic N) is 2. The van der Waals surface area contributed by atoms with Gasteiger partial charge in [0.05, 0.1) is 18.2 Å². The summed E-state index contributed by atoms with van der Waals surface area (Å²) in [6.45, 7) is 2.10. The highest BCUT2D eigenvalue weighted by molar-refractivity contribution is 6.07. The Morgan fingerprint density at radius 3 is 2.38 bits per heavy atom. The van der Waals surface area contributed by atoms with Crippen LogP contribution in [0.2, 0.25) is 0 Å². The largest absolute Gasteiger partial charge is 0.496 e. The lowest BCUT2D eigenvalue weighted by Crippen LogP contribution is -2.36. The standard InChI is InChI=1S/C33H34N4O3/c1-40-31-12-6-5-11-28(31)33(39)36-27-13-14-30(29(21-27)32(38)35-23-26-10-7-17-34-22-26)37-18-15-25(16-19-37)20-24-8-3-2-4-9-24/h2-14,17,21-22,25H,15-16,18-20,23H2,1H3,(H,35,38)(H,36,39). The predicted octanol–water partition coefficient (Wildman–Crippen LogP) is 5.73. The van der Waals surface area contributed by atoms with Crippen molar-refractivity contribution in [3.8, 4) is 5.75 Å². The van der Waals surface area contributed by atoms with Gasteiger partial charge in [-0.3, -0.25) is 14.6 Å². The molecule has 0 spiro atoms. The van der Waals surface area contributed by atoms with Gasteiger partial charge in [-0.15, -0.1) is 0 Å². The van der Waals surface area contributed by atoms with Crippen LogP contribution in [-0.4, -0.2) is 37.0 Å². The average Bonchev–Trinajstić information content (AvgIpc) is 3.01. The molecule has 204 valence electrons. The number of nitrogens with one attached hydrogen (secondary N) is 2. The molecule has 3 aromatic carbocycles. The van der Waals surface area contributed by atoms with E-state index in [0.717, 1.165) is 43.6 Å². The third-order valence-corrected chi connectivity index (χ3v) is 7.35. The molecule has 4 aromatic rings. The summed E-state index contributed by atoms with van der Waals surface area (Å²) < 4.78 is 5.35. The number of piperidine rings is 1. The summed E-state index contributed by atoms with van der Waals surface area (Å²) in [5, 5.41) is 5.97. The fourth-order valence-electron chi connectivity index (χ4n) is 5.21. The zero-order valence-electron chi connectivity index (χ0n) is 22.7. The fourth-order valence-corrected chi connectivity index (χ4v) is 5.21. The summed E-state index contributed by atoms with van der Waals surface area (Å²) in [5.41, 5.74) is 4.66. The Hall–Kier alpha value is -4.65. The fraction of sp³-hybridized carbons (Fsp3) is 0.242. The number of ether oxygens (including phenoxy) is 1. The molecule has 2 amide bonds. The van der Waals surface area contributed by atoms with Crippen molar-refractivity contribution >= 4 is 23.2 Å². The SMILES string of the molecule is COc1ccccc1C(=O)Nc1ccc(N2CCC(Cc3ccccc3)CC2)c(C(=O)NCc2cccnc2)c1. The first-order valence-corrected chi connectivity index (χ1v) is 13.6. The van der Waals surface area contributed by atoms with Crippen molar-refractivity contribution in [1.29, 1.82) is 0 Å². The van der Waals surface area contributed by atoms with Crippen LogP contribution in [0.1, 0.15) is 44.7 Å². The molecule has 7 nitrogen and oxygen atoms in total. The minimum Gasteiger partial charge on any atom is -0.496 e. The van der Waals surface area contributed by atoms with Crippen molar-refractivity contribution in [3.63, 3.8) is 0 Å². The van der Waals surface area contributed by atoms with E-state index in [1.807, 2.05) is 30.3 Å². The molecule has 2 N–H and O–H groups in total. The van der Waals surface area contributed by atoms with Gasteiger partial charge in [0.25, 0.3) is 11.8 Å². The first-order chi connectivity index (χ1) is 19.6. The zero-order chi connectivity index (χ0) is 27.7. The Morgan fingerprint density at radius 2 is 1.62 bits per heavy atom. The van der Waals surface area contributed by atoms with Gasteiger partial charge in [-0.25, -0.2) is 0 Å². The molecule has 0 aliphatic carbocycles. The van der Waals surface area contributed by atoms with Crippen molar-refractivity contribution in [2.24, 2.45) is 5.92 Å². The van der Waals surface area contributed by atoms with E-state index in [4.69, 9.17) is 4.74 Å². The molecule has 0 bridgehead atoms. The number of amides is 2. The molecule has 2 heterocycles. The summed E-state index contributed by atoms with van der Waals surface area (Å²) in [5.74, 6) is 0.609. The Kier molecular flexibility index (Phi) is 8.71. The highest BCUT2D eigenvalue weighted by atomic mass is 16.5. The van der Waals surface area contributed by atoms with Gasteiger partial charge >= 0.3 is 0 Å². The van der Waals surface area contributed by atoms with Gasteiger partial charge < -0.3 is 20.3 Å². The van der Waals surface area contributed by atoms with Gasteiger partial charge in [0.15, 0.2) is 0 Å². The van der Waals surface area contributed by atoms with Crippen LogP contribution < -0.4 is 20.3 Å². The van der Waals surface area contributed by atoms with Crippen molar-refractivity contribution in [2.45, 2.75) is 25.8 Å². The average molecular weight is 535 g/mol. The maximum Gasteiger partial charge on any atom is 0.259 e. The van der Waals surface area contributed by atoms with Gasteiger partial charge in [0.1, 0.15) is 5.75 Å². The molecule has 0 radical (unpaired) electrons. The normalized spacial score (nSPS) is 13.5. The molecule has 1 fully saturated rings. The lowest BCUT2D eigenvalue weighted by Gasteiger charge is -2.35. The molecular weight excluding hydrogens is 500 g/mol. The molecule has 0 atom stereocenters. The topological polar surface area (TPSA) is 83.6 Å². The number of carbonyl (C=O) groups excluding carboxylic acids is 2. The molecule has 1 aromatic heterocycles. The lowest BCUT2D eigenvalue weighted by atomic mass is 9.89. The summed E-state index contributed by atoms with van der Waals surface area (Å²) in [7, 11) is 1.54. The van der Waals surface area contributed by atoms with Crippen molar-refractivity contribution in [2.75, 3.05) is 30.4 Å². The zero-order valence-corrected chi connectivity index (χ0v) is 22.7. The van der Waals surface area contributed by atoms with E-state index < -0.39 is 0 Å². The molecule has 1 aliphatic rings. The monoisotopic (exact) mass is 534 g/mol. The molecule has 1 aliphatic heterocycles. The number of methoxy groups -OCH3 is 1. The number of hydrogen-bond acceptors (Lipinski definition) is 5. The van der Waals surface area contributed by atoms with Crippen LogP contribution in [0.3, 0.4) is 0 Å². The number of anilines is 2. The van der Waals surface area contributed by atoms with Crippen LogP contribution in [0.5, 0.6) is 5.75 Å². The minimum absolute atomic E-state index is 0.196. The van der Waals surface area contributed by atoms with Crippen molar-refractivity contribution in [1.82, 2.24) is 10.3 Å². The van der Waals surface area contributed by atoms with Crippen LogP contribution in [0.15, 0.2) is 97.3 Å². The second-order valence-corrected chi connectivity index (χ2v) is 10.1. The summed E-state index contributed by atoms with van der Waals surface area (Å²) >= 11 is 0. The maximum atomic E-state index is 13.5. The number of para-hydroxylation sites is 1. The van der Waals surface area contributed by atoms with E-state index in [2.05, 4.69) is 50.8 Å². The second-order valence-electron chi connectivity index (χ2n) is 10.1. The van der Waals surface area contributed by atoms with Gasteiger partial charge in [-0.2, -0.15) is 0 Å². The molecule has 40 heavy (non-hydrogen) atoms. The van der Waals surface area contributed by atoms with E-state index >= 15 is 0 Å². The molecular formula is C33H34N4O3. The Balaban J connectivity index is 1.34. The first-order valence-electron chi connectivity index (χ1n) is 13.6. The van der Waals surface area contributed by atoms with Crippen LogP contribution in [0.4, 0.5) is 11.4 Å². The van der Waals surface area contributed by atoms with Gasteiger partial charge in [-0.05, 0) is 72.7 Å². The number of benzene rings is 3. The molecule has 0 saturated carbocycles. The summed E-state index contributed by atoms with van der Waals surface area (Å²) in [6.07, 6.45) is 6.62. The molecule has 1 saturated heterocycles. The number of rotatable bonds is 9. The number of carbonyl (C=O) groups is 2. The van der Waals surface area contributed by atoms with Gasteiger partial charge in [-0.1, -0.05) is 48.5 Å². The van der Waals surface area contributed by atoms with Gasteiger partial charge in [0.2, 0.25) is 0 Å². The van der Waals surface area contributed by atoms with Crippen LogP contribution in [0, 0.1) is 5.92 Å². The summed E-state index contributed by atoms with van der Waals surface area (Å²) in [6, 6.07) is 27.0. The maximum absolute atomic E-state index is 13.5. The highest BCUT2D eigenvalue weighted by Crippen LogP contribution is 2.31. The third-order valence-electron chi connectivity index (χ3n) is 7.35. The van der Waals surface area contributed by atoms with E-state index in [0.29, 0.717) is 35.0 Å². The molecule has 5 rings (SSSR count). The van der Waals surface area contributed by atoms with E-state index in [1.54, 1.807) is 36.7 Å². The van der Waals surface area contributed by atoms with Crippen LogP contribution >= 0.6 is 0 Å². The van der Waals surface area contributed by atoms with Crippen molar-refractivity contribution < 1.29 is 14.3 Å². The van der Waals surface area contributed by atoms with Crippen LogP contribution in [-0.2, 0) is 13.0 Å². The van der Waals surface area contributed by atoms with E-state index in [9.17, 15) is 9.59 Å². The lowest BCUT2D eigenvalue weighted by molar-refractivity contribution is 0.0949. The number of aromatic nitrogens is 1. The van der Waals surface area contributed by atoms with Crippen molar-refractivity contribution in [3.05, 3.63) is 120 Å². The Bertz CT molecular complexity index is 1430. The quantitative estimate of drug-likeness (QED) is 0.287. The third kappa shape index (κ3) is 6.67.